The molecule has 4 rings (SSSR count). The summed E-state index contributed by atoms with van der Waals surface area (Å²) in [7, 11) is 1.64. The molecule has 148 valence electrons. The zero-order valence-corrected chi connectivity index (χ0v) is 16.9. The Labute approximate surface area is 172 Å². The molecule has 2 aromatic heterocycles. The van der Waals surface area contributed by atoms with Crippen LogP contribution in [0.25, 0.3) is 11.4 Å². The first kappa shape index (κ1) is 19.3. The summed E-state index contributed by atoms with van der Waals surface area (Å²) in [6.07, 6.45) is 1.65. The summed E-state index contributed by atoms with van der Waals surface area (Å²) in [6, 6.07) is 18.0. The summed E-state index contributed by atoms with van der Waals surface area (Å²) in [5, 5.41) is 9.71. The third-order valence-electron chi connectivity index (χ3n) is 4.56. The largest absolute Gasteiger partial charge is 0.497 e. The van der Waals surface area contributed by atoms with Gasteiger partial charge < -0.3 is 9.15 Å². The quantitative estimate of drug-likeness (QED) is 0.373. The summed E-state index contributed by atoms with van der Waals surface area (Å²) in [4.78, 5) is 0. The van der Waals surface area contributed by atoms with E-state index in [0.29, 0.717) is 6.54 Å². The molecule has 5 nitrogen and oxygen atoms in total. The standard InChI is InChI=1S/C22H20FN3O2S/c1-15(16-8-10-18(23)11-9-16)29-22-25-24-21(17-5-3-6-19(13-17)27-2)26(22)14-20-7-4-12-28-20/h3-13,15H,14H2,1-2H3/t15-/m0/s1. The van der Waals surface area contributed by atoms with Crippen LogP contribution in [0.3, 0.4) is 0 Å². The number of rotatable bonds is 7. The minimum absolute atomic E-state index is 0.0771. The van der Waals surface area contributed by atoms with Crippen molar-refractivity contribution >= 4 is 11.8 Å². The lowest BCUT2D eigenvalue weighted by atomic mass is 10.2. The number of methoxy groups -OCH3 is 1. The van der Waals surface area contributed by atoms with E-state index in [4.69, 9.17) is 9.15 Å². The van der Waals surface area contributed by atoms with Gasteiger partial charge in [-0.2, -0.15) is 0 Å². The van der Waals surface area contributed by atoms with Crippen LogP contribution < -0.4 is 4.74 Å². The van der Waals surface area contributed by atoms with Crippen LogP contribution in [0.4, 0.5) is 4.39 Å². The topological polar surface area (TPSA) is 53.1 Å². The lowest BCUT2D eigenvalue weighted by Gasteiger charge is -2.13. The van der Waals surface area contributed by atoms with Crippen molar-refractivity contribution in [2.45, 2.75) is 23.9 Å². The Hall–Kier alpha value is -3.06. The van der Waals surface area contributed by atoms with Crippen molar-refractivity contribution in [2.75, 3.05) is 7.11 Å². The summed E-state index contributed by atoms with van der Waals surface area (Å²) < 4.78 is 26.2. The molecular weight excluding hydrogens is 389 g/mol. The molecular formula is C22H20FN3O2S. The van der Waals surface area contributed by atoms with E-state index >= 15 is 0 Å². The van der Waals surface area contributed by atoms with E-state index in [1.807, 2.05) is 41.0 Å². The molecule has 0 aliphatic heterocycles. The van der Waals surface area contributed by atoms with E-state index in [-0.39, 0.29) is 11.1 Å². The first-order chi connectivity index (χ1) is 14.1. The van der Waals surface area contributed by atoms with Crippen LogP contribution in [0.1, 0.15) is 23.5 Å². The van der Waals surface area contributed by atoms with Gasteiger partial charge >= 0.3 is 0 Å². The first-order valence-corrected chi connectivity index (χ1v) is 10.0. The van der Waals surface area contributed by atoms with Crippen LogP contribution in [0.2, 0.25) is 0 Å². The second-order valence-electron chi connectivity index (χ2n) is 6.52. The molecule has 0 spiro atoms. The molecule has 7 heteroatoms. The molecule has 0 saturated carbocycles. The number of hydrogen-bond acceptors (Lipinski definition) is 5. The van der Waals surface area contributed by atoms with E-state index < -0.39 is 0 Å². The fraction of sp³-hybridized carbons (Fsp3) is 0.182. The second-order valence-corrected chi connectivity index (χ2v) is 7.82. The molecule has 0 bridgehead atoms. The molecule has 0 radical (unpaired) electrons. The minimum atomic E-state index is -0.243. The van der Waals surface area contributed by atoms with Crippen LogP contribution in [0.15, 0.2) is 76.5 Å². The summed E-state index contributed by atoms with van der Waals surface area (Å²) in [5.74, 6) is 2.05. The predicted octanol–water partition coefficient (Wildman–Crippen LogP) is 5.59. The molecule has 0 aliphatic carbocycles. The molecule has 0 unspecified atom stereocenters. The number of hydrogen-bond donors (Lipinski definition) is 0. The molecule has 2 heterocycles. The molecule has 29 heavy (non-hydrogen) atoms. The van der Waals surface area contributed by atoms with Gasteiger partial charge in [0.25, 0.3) is 0 Å². The highest BCUT2D eigenvalue weighted by Crippen LogP contribution is 2.36. The minimum Gasteiger partial charge on any atom is -0.497 e. The Kier molecular flexibility index (Phi) is 5.67. The second kappa shape index (κ2) is 8.53. The number of benzene rings is 2. The van der Waals surface area contributed by atoms with Crippen molar-refractivity contribution in [3.05, 3.63) is 84.1 Å². The Bertz CT molecular complexity index is 1080. The fourth-order valence-electron chi connectivity index (χ4n) is 3.01. The van der Waals surface area contributed by atoms with Gasteiger partial charge in [0, 0.05) is 10.8 Å². The highest BCUT2D eigenvalue weighted by Gasteiger charge is 2.19. The van der Waals surface area contributed by atoms with Gasteiger partial charge in [0.05, 0.1) is 19.9 Å². The average molecular weight is 409 g/mol. The van der Waals surface area contributed by atoms with Crippen molar-refractivity contribution in [3.63, 3.8) is 0 Å². The highest BCUT2D eigenvalue weighted by molar-refractivity contribution is 7.99. The number of ether oxygens (including phenoxy) is 1. The predicted molar refractivity (Wildman–Crippen MR) is 110 cm³/mol. The normalized spacial score (nSPS) is 12.1. The van der Waals surface area contributed by atoms with Gasteiger partial charge in [0.1, 0.15) is 17.3 Å². The van der Waals surface area contributed by atoms with Gasteiger partial charge in [0.2, 0.25) is 0 Å². The monoisotopic (exact) mass is 409 g/mol. The fourth-order valence-corrected chi connectivity index (χ4v) is 3.99. The highest BCUT2D eigenvalue weighted by atomic mass is 32.2. The van der Waals surface area contributed by atoms with Gasteiger partial charge in [-0.3, -0.25) is 4.57 Å². The average Bonchev–Trinajstić information content (AvgIpc) is 3.39. The van der Waals surface area contributed by atoms with Crippen LogP contribution in [0.5, 0.6) is 5.75 Å². The third-order valence-corrected chi connectivity index (χ3v) is 5.70. The maximum atomic E-state index is 13.3. The van der Waals surface area contributed by atoms with Crippen LogP contribution in [0, 0.1) is 5.82 Å². The number of halogens is 1. The Morgan fingerprint density at radius 1 is 1.10 bits per heavy atom. The van der Waals surface area contributed by atoms with E-state index in [2.05, 4.69) is 17.1 Å². The van der Waals surface area contributed by atoms with E-state index in [1.54, 1.807) is 37.3 Å². The number of thioether (sulfide) groups is 1. The van der Waals surface area contributed by atoms with E-state index in [0.717, 1.165) is 33.6 Å². The zero-order chi connectivity index (χ0) is 20.2. The van der Waals surface area contributed by atoms with Gasteiger partial charge in [-0.15, -0.1) is 10.2 Å². The van der Waals surface area contributed by atoms with Gasteiger partial charge in [-0.25, -0.2) is 4.39 Å². The number of aromatic nitrogens is 3. The number of furan rings is 1. The molecule has 0 fully saturated rings. The molecule has 0 saturated heterocycles. The molecule has 4 aromatic rings. The Morgan fingerprint density at radius 3 is 2.66 bits per heavy atom. The lowest BCUT2D eigenvalue weighted by Crippen LogP contribution is -2.04. The van der Waals surface area contributed by atoms with Crippen LogP contribution in [-0.4, -0.2) is 21.9 Å². The molecule has 0 amide bonds. The van der Waals surface area contributed by atoms with Crippen LogP contribution in [-0.2, 0) is 6.54 Å². The van der Waals surface area contributed by atoms with Gasteiger partial charge in [0.15, 0.2) is 11.0 Å². The maximum Gasteiger partial charge on any atom is 0.192 e. The lowest BCUT2D eigenvalue weighted by molar-refractivity contribution is 0.415. The van der Waals surface area contributed by atoms with Crippen molar-refractivity contribution in [1.82, 2.24) is 14.8 Å². The Morgan fingerprint density at radius 2 is 1.93 bits per heavy atom. The molecule has 1 atom stereocenters. The van der Waals surface area contributed by atoms with E-state index in [9.17, 15) is 4.39 Å². The van der Waals surface area contributed by atoms with Crippen molar-refractivity contribution in [3.8, 4) is 17.1 Å². The smallest absolute Gasteiger partial charge is 0.192 e. The van der Waals surface area contributed by atoms with Crippen molar-refractivity contribution < 1.29 is 13.5 Å². The zero-order valence-electron chi connectivity index (χ0n) is 16.1. The number of nitrogens with zero attached hydrogens (tertiary/aromatic N) is 3. The summed E-state index contributed by atoms with van der Waals surface area (Å²) >= 11 is 1.57. The third kappa shape index (κ3) is 4.35. The first-order valence-electron chi connectivity index (χ1n) is 9.16. The molecule has 0 N–H and O–H groups in total. The van der Waals surface area contributed by atoms with Crippen molar-refractivity contribution in [1.29, 1.82) is 0 Å². The maximum absolute atomic E-state index is 13.3. The summed E-state index contributed by atoms with van der Waals surface area (Å²) in [5.41, 5.74) is 1.93. The molecule has 2 aromatic carbocycles. The van der Waals surface area contributed by atoms with Gasteiger partial charge in [-0.05, 0) is 48.9 Å². The Balaban J connectivity index is 1.69. The molecule has 0 aliphatic rings. The SMILES string of the molecule is COc1cccc(-c2nnc(S[C@@H](C)c3ccc(F)cc3)n2Cc2ccco2)c1. The summed E-state index contributed by atoms with van der Waals surface area (Å²) in [6.45, 7) is 2.57. The van der Waals surface area contributed by atoms with Crippen molar-refractivity contribution in [2.24, 2.45) is 0 Å². The van der Waals surface area contributed by atoms with Crippen LogP contribution >= 0.6 is 11.8 Å². The van der Waals surface area contributed by atoms with E-state index in [1.165, 1.54) is 12.1 Å². The van der Waals surface area contributed by atoms with Gasteiger partial charge in [-0.1, -0.05) is 36.0 Å².